The summed E-state index contributed by atoms with van der Waals surface area (Å²) in [6.45, 7) is 11.0. The number of likely N-dealkylation sites (N-methyl/N-ethyl adjacent to an activating group) is 1. The molecule has 0 aliphatic carbocycles. The molecule has 1 aromatic rings. The van der Waals surface area contributed by atoms with Gasteiger partial charge < -0.3 is 10.2 Å². The monoisotopic (exact) mass is 248 g/mol. The highest BCUT2D eigenvalue weighted by Crippen LogP contribution is 2.13. The van der Waals surface area contributed by atoms with Crippen molar-refractivity contribution in [3.8, 4) is 0 Å². The van der Waals surface area contributed by atoms with Crippen LogP contribution in [0.4, 0.5) is 5.69 Å². The molecule has 1 unspecified atom stereocenters. The highest BCUT2D eigenvalue weighted by atomic mass is 15.1. The maximum absolute atomic E-state index is 3.56. The van der Waals surface area contributed by atoms with Gasteiger partial charge in [-0.1, -0.05) is 32.9 Å². The minimum absolute atomic E-state index is 0.584. The van der Waals surface area contributed by atoms with E-state index in [2.05, 4.69) is 69.2 Å². The van der Waals surface area contributed by atoms with E-state index in [1.54, 1.807) is 0 Å². The zero-order valence-corrected chi connectivity index (χ0v) is 12.5. The highest BCUT2D eigenvalue weighted by Gasteiger charge is 2.06. The number of anilines is 1. The molecule has 0 aliphatic rings. The summed E-state index contributed by atoms with van der Waals surface area (Å²) in [7, 11) is 2.16. The molecule has 0 saturated carbocycles. The van der Waals surface area contributed by atoms with Crippen LogP contribution in [0.25, 0.3) is 0 Å². The van der Waals surface area contributed by atoms with Gasteiger partial charge in [0, 0.05) is 31.9 Å². The number of aryl methyl sites for hydroxylation is 1. The number of nitrogens with zero attached hydrogens (tertiary/aromatic N) is 1. The first-order valence-corrected chi connectivity index (χ1v) is 7.08. The van der Waals surface area contributed by atoms with Gasteiger partial charge in [0.15, 0.2) is 0 Å². The summed E-state index contributed by atoms with van der Waals surface area (Å²) in [5.41, 5.74) is 2.70. The Bertz CT molecular complexity index is 329. The lowest BCUT2D eigenvalue weighted by Gasteiger charge is -2.23. The molecule has 0 fully saturated rings. The Balaban J connectivity index is 2.37. The molecule has 1 atom stereocenters. The molecular formula is C16H28N2. The molecule has 0 radical (unpaired) electrons. The largest absolute Gasteiger partial charge is 0.373 e. The predicted octanol–water partition coefficient (Wildman–Crippen LogP) is 3.32. The third kappa shape index (κ3) is 4.69. The Labute approximate surface area is 112 Å². The van der Waals surface area contributed by atoms with Crippen molar-refractivity contribution in [3.05, 3.63) is 29.8 Å². The first-order valence-electron chi connectivity index (χ1n) is 7.08. The first-order chi connectivity index (χ1) is 8.54. The molecule has 0 aliphatic heterocycles. The van der Waals surface area contributed by atoms with E-state index in [0.29, 0.717) is 12.0 Å². The maximum Gasteiger partial charge on any atom is 0.0364 e. The highest BCUT2D eigenvalue weighted by molar-refractivity contribution is 5.46. The SMILES string of the molecule is CCc1ccc(N(C)CCNC(C)C(C)C)cc1. The second-order valence-electron chi connectivity index (χ2n) is 5.43. The molecule has 0 heterocycles. The van der Waals surface area contributed by atoms with E-state index in [4.69, 9.17) is 0 Å². The van der Waals surface area contributed by atoms with Gasteiger partial charge in [0.2, 0.25) is 0 Å². The van der Waals surface area contributed by atoms with E-state index in [-0.39, 0.29) is 0 Å². The molecule has 2 nitrogen and oxygen atoms in total. The van der Waals surface area contributed by atoms with Crippen molar-refractivity contribution < 1.29 is 0 Å². The molecule has 2 heteroatoms. The van der Waals surface area contributed by atoms with Crippen molar-refractivity contribution in [1.29, 1.82) is 0 Å². The van der Waals surface area contributed by atoms with Crippen molar-refractivity contribution in [2.45, 2.75) is 40.2 Å². The average Bonchev–Trinajstić information content (AvgIpc) is 2.38. The second kappa shape index (κ2) is 7.42. The molecule has 1 aromatic carbocycles. The van der Waals surface area contributed by atoms with Crippen molar-refractivity contribution in [2.75, 3.05) is 25.0 Å². The summed E-state index contributed by atoms with van der Waals surface area (Å²) < 4.78 is 0. The van der Waals surface area contributed by atoms with Gasteiger partial charge in [0.05, 0.1) is 0 Å². The number of benzene rings is 1. The van der Waals surface area contributed by atoms with E-state index >= 15 is 0 Å². The summed E-state index contributed by atoms with van der Waals surface area (Å²) in [6.07, 6.45) is 1.11. The Morgan fingerprint density at radius 3 is 2.22 bits per heavy atom. The van der Waals surface area contributed by atoms with Gasteiger partial charge in [-0.3, -0.25) is 0 Å². The van der Waals surface area contributed by atoms with Crippen LogP contribution in [0.2, 0.25) is 0 Å². The van der Waals surface area contributed by atoms with Crippen LogP contribution in [0, 0.1) is 5.92 Å². The van der Waals surface area contributed by atoms with Crippen LogP contribution in [-0.2, 0) is 6.42 Å². The molecular weight excluding hydrogens is 220 g/mol. The normalized spacial score (nSPS) is 12.8. The van der Waals surface area contributed by atoms with Gasteiger partial charge in [-0.25, -0.2) is 0 Å². The van der Waals surface area contributed by atoms with Crippen molar-refractivity contribution >= 4 is 5.69 Å². The minimum Gasteiger partial charge on any atom is -0.373 e. The fourth-order valence-corrected chi connectivity index (χ4v) is 1.81. The molecule has 0 aromatic heterocycles. The van der Waals surface area contributed by atoms with Gasteiger partial charge >= 0.3 is 0 Å². The summed E-state index contributed by atoms with van der Waals surface area (Å²) in [4.78, 5) is 2.31. The quantitative estimate of drug-likeness (QED) is 0.796. The molecule has 0 bridgehead atoms. The van der Waals surface area contributed by atoms with Crippen molar-refractivity contribution in [2.24, 2.45) is 5.92 Å². The molecule has 1 rings (SSSR count). The van der Waals surface area contributed by atoms with E-state index in [9.17, 15) is 0 Å². The van der Waals surface area contributed by atoms with Crippen LogP contribution >= 0.6 is 0 Å². The van der Waals surface area contributed by atoms with Crippen LogP contribution in [0.1, 0.15) is 33.3 Å². The Kier molecular flexibility index (Phi) is 6.20. The summed E-state index contributed by atoms with van der Waals surface area (Å²) in [6, 6.07) is 9.45. The summed E-state index contributed by atoms with van der Waals surface area (Å²) in [5.74, 6) is 0.694. The van der Waals surface area contributed by atoms with Crippen molar-refractivity contribution in [1.82, 2.24) is 5.32 Å². The van der Waals surface area contributed by atoms with Gasteiger partial charge in [0.1, 0.15) is 0 Å². The van der Waals surface area contributed by atoms with Crippen LogP contribution in [0.3, 0.4) is 0 Å². The number of nitrogens with one attached hydrogen (secondary N) is 1. The Hall–Kier alpha value is -1.02. The van der Waals surface area contributed by atoms with Gasteiger partial charge in [-0.2, -0.15) is 0 Å². The Morgan fingerprint density at radius 1 is 1.11 bits per heavy atom. The van der Waals surface area contributed by atoms with E-state index in [1.807, 2.05) is 0 Å². The van der Waals surface area contributed by atoms with Crippen molar-refractivity contribution in [3.63, 3.8) is 0 Å². The molecule has 0 saturated heterocycles. The van der Waals surface area contributed by atoms with Crippen LogP contribution < -0.4 is 10.2 Å². The smallest absolute Gasteiger partial charge is 0.0364 e. The molecule has 0 spiro atoms. The lowest BCUT2D eigenvalue weighted by Crippen LogP contribution is -2.36. The number of hydrogen-bond acceptors (Lipinski definition) is 2. The summed E-state index contributed by atoms with van der Waals surface area (Å²) >= 11 is 0. The molecule has 0 amide bonds. The van der Waals surface area contributed by atoms with Gasteiger partial charge in [-0.05, 0) is 37.0 Å². The van der Waals surface area contributed by atoms with Gasteiger partial charge in [-0.15, -0.1) is 0 Å². The summed E-state index contributed by atoms with van der Waals surface area (Å²) in [5, 5.41) is 3.56. The molecule has 102 valence electrons. The van der Waals surface area contributed by atoms with Crippen LogP contribution in [0.15, 0.2) is 24.3 Å². The standard InChI is InChI=1S/C16H28N2/c1-6-15-7-9-16(10-8-15)18(5)12-11-17-14(4)13(2)3/h7-10,13-14,17H,6,11-12H2,1-5H3. The second-order valence-corrected chi connectivity index (χ2v) is 5.43. The fourth-order valence-electron chi connectivity index (χ4n) is 1.81. The molecule has 18 heavy (non-hydrogen) atoms. The maximum atomic E-state index is 3.56. The van der Waals surface area contributed by atoms with E-state index in [0.717, 1.165) is 19.5 Å². The van der Waals surface area contributed by atoms with Gasteiger partial charge in [0.25, 0.3) is 0 Å². The zero-order valence-electron chi connectivity index (χ0n) is 12.5. The third-order valence-electron chi connectivity index (χ3n) is 3.70. The minimum atomic E-state index is 0.584. The predicted molar refractivity (Wildman–Crippen MR) is 81.4 cm³/mol. The third-order valence-corrected chi connectivity index (χ3v) is 3.70. The average molecular weight is 248 g/mol. The Morgan fingerprint density at radius 2 is 1.72 bits per heavy atom. The van der Waals surface area contributed by atoms with Crippen LogP contribution in [-0.4, -0.2) is 26.2 Å². The lowest BCUT2D eigenvalue weighted by atomic mass is 10.1. The molecule has 1 N–H and O–H groups in total. The van der Waals surface area contributed by atoms with Crippen LogP contribution in [0.5, 0.6) is 0 Å². The zero-order chi connectivity index (χ0) is 13.5. The first kappa shape index (κ1) is 15.0. The lowest BCUT2D eigenvalue weighted by molar-refractivity contribution is 0.431. The van der Waals surface area contributed by atoms with E-state index in [1.165, 1.54) is 11.3 Å². The number of hydrogen-bond donors (Lipinski definition) is 1. The topological polar surface area (TPSA) is 15.3 Å². The number of rotatable bonds is 7. The van der Waals surface area contributed by atoms with E-state index < -0.39 is 0 Å². The fraction of sp³-hybridized carbons (Fsp3) is 0.625.